The average molecular weight is 819 g/mol. The molecule has 0 bridgehead atoms. The van der Waals surface area contributed by atoms with Crippen molar-refractivity contribution in [1.29, 1.82) is 0 Å². The van der Waals surface area contributed by atoms with Crippen molar-refractivity contribution in [3.63, 3.8) is 0 Å². The number of carbonyl (C=O) groups is 2. The number of methoxy groups -OCH3 is 2. The van der Waals surface area contributed by atoms with E-state index in [-0.39, 0.29) is 41.9 Å². The summed E-state index contributed by atoms with van der Waals surface area (Å²) in [5.41, 5.74) is 5.83. The SMILES string of the molecule is COc1cc([C@@H]2C[C@H](OC(=O)Cc3ccc4cc(O)cc(-c5ccccc5)c4c3)C[C@H](OC(C)=O)[C@@H]3Cc4cc(OC)c(O)cc4C[C@]3(C=Cc3ccccc3)C2)ccc1O. The van der Waals surface area contributed by atoms with E-state index in [0.717, 1.165) is 49.7 Å². The highest BCUT2D eigenvalue weighted by atomic mass is 16.6. The molecule has 0 aromatic heterocycles. The summed E-state index contributed by atoms with van der Waals surface area (Å²) < 4.78 is 23.9. The Bertz CT molecular complexity index is 2580. The number of aromatic hydroxyl groups is 3. The predicted octanol–water partition coefficient (Wildman–Crippen LogP) is 10.1. The van der Waals surface area contributed by atoms with Gasteiger partial charge < -0.3 is 34.3 Å². The summed E-state index contributed by atoms with van der Waals surface area (Å²) in [5.74, 6) is -0.396. The minimum atomic E-state index is -0.647. The quantitative estimate of drug-likeness (QED) is 0.116. The molecular formula is C52H50O9. The van der Waals surface area contributed by atoms with Crippen LogP contribution in [0.25, 0.3) is 28.0 Å². The van der Waals surface area contributed by atoms with Gasteiger partial charge in [0, 0.05) is 19.3 Å². The fourth-order valence-electron chi connectivity index (χ4n) is 9.67. The molecule has 6 aromatic rings. The average Bonchev–Trinajstić information content (AvgIpc) is 3.25. The molecule has 0 spiro atoms. The molecule has 0 aliphatic heterocycles. The summed E-state index contributed by atoms with van der Waals surface area (Å²) in [6.07, 6.45) is 5.34. The second-order valence-corrected chi connectivity index (χ2v) is 16.4. The first-order chi connectivity index (χ1) is 29.5. The molecule has 2 aliphatic carbocycles. The van der Waals surface area contributed by atoms with E-state index in [9.17, 15) is 24.9 Å². The van der Waals surface area contributed by atoms with Gasteiger partial charge in [-0.1, -0.05) is 91.0 Å². The molecule has 0 radical (unpaired) electrons. The Balaban J connectivity index is 1.19. The van der Waals surface area contributed by atoms with Gasteiger partial charge in [0.25, 0.3) is 0 Å². The summed E-state index contributed by atoms with van der Waals surface area (Å²) in [5, 5.41) is 33.9. The first-order valence-corrected chi connectivity index (χ1v) is 20.7. The number of fused-ring (bicyclic) bond motifs is 3. The van der Waals surface area contributed by atoms with Crippen molar-refractivity contribution in [3.05, 3.63) is 155 Å². The lowest BCUT2D eigenvalue weighted by atomic mass is 9.56. The number of ether oxygens (including phenoxy) is 4. The van der Waals surface area contributed by atoms with Crippen molar-refractivity contribution >= 4 is 28.8 Å². The molecule has 3 N–H and O–H groups in total. The van der Waals surface area contributed by atoms with E-state index in [1.807, 2.05) is 97.1 Å². The van der Waals surface area contributed by atoms with Crippen LogP contribution in [0.2, 0.25) is 0 Å². The van der Waals surface area contributed by atoms with Crippen molar-refractivity contribution in [1.82, 2.24) is 0 Å². The molecule has 1 saturated carbocycles. The minimum absolute atomic E-state index is 0.00131. The van der Waals surface area contributed by atoms with E-state index in [1.165, 1.54) is 21.1 Å². The topological polar surface area (TPSA) is 132 Å². The zero-order valence-corrected chi connectivity index (χ0v) is 34.5. The number of esters is 2. The Morgan fingerprint density at radius 2 is 1.49 bits per heavy atom. The third-order valence-electron chi connectivity index (χ3n) is 12.5. The molecule has 0 unspecified atom stereocenters. The third kappa shape index (κ3) is 8.92. The Kier molecular flexibility index (Phi) is 11.7. The summed E-state index contributed by atoms with van der Waals surface area (Å²) in [7, 11) is 3.04. The molecule has 312 valence electrons. The largest absolute Gasteiger partial charge is 0.508 e. The van der Waals surface area contributed by atoms with Crippen molar-refractivity contribution in [3.8, 4) is 39.9 Å². The number of rotatable bonds is 10. The van der Waals surface area contributed by atoms with Crippen LogP contribution in [0.5, 0.6) is 28.7 Å². The van der Waals surface area contributed by atoms with Gasteiger partial charge in [0.1, 0.15) is 18.0 Å². The number of phenolic OH excluding ortho intramolecular Hbond substituents is 3. The fraction of sp³-hybridized carbons (Fsp3) is 0.269. The highest BCUT2D eigenvalue weighted by Crippen LogP contribution is 2.54. The van der Waals surface area contributed by atoms with Gasteiger partial charge in [-0.3, -0.25) is 9.59 Å². The van der Waals surface area contributed by atoms with Crippen LogP contribution in [-0.2, 0) is 38.3 Å². The monoisotopic (exact) mass is 818 g/mol. The van der Waals surface area contributed by atoms with Gasteiger partial charge in [-0.25, -0.2) is 0 Å². The van der Waals surface area contributed by atoms with Crippen LogP contribution < -0.4 is 9.47 Å². The van der Waals surface area contributed by atoms with Crippen molar-refractivity contribution in [2.24, 2.45) is 11.3 Å². The smallest absolute Gasteiger partial charge is 0.310 e. The fourth-order valence-corrected chi connectivity index (χ4v) is 9.67. The Labute approximate surface area is 355 Å². The molecule has 0 saturated heterocycles. The molecule has 61 heavy (non-hydrogen) atoms. The van der Waals surface area contributed by atoms with Gasteiger partial charge in [0.15, 0.2) is 23.0 Å². The molecule has 0 amide bonds. The summed E-state index contributed by atoms with van der Waals surface area (Å²) >= 11 is 0. The summed E-state index contributed by atoms with van der Waals surface area (Å²) in [6.45, 7) is 1.41. The predicted molar refractivity (Wildman–Crippen MR) is 235 cm³/mol. The standard InChI is InChI=1S/C52H50O9/c1-32(53)60-48-29-42(61-51(57)21-34-14-15-37-22-41(54)28-44(43(37)20-34)35-12-8-5-9-13-35)23-39(36-16-17-46(55)49(26-36)58-2)30-52(19-18-33-10-6-4-7-11-33)31-40-25-47(56)50(59-3)27-38(40)24-45(48)52/h4-20,22,25-28,39,42,45,48,54-56H,21,23-24,29-31H2,1-3H3/t39-,42+,45+,48+,52+/m1/s1. The van der Waals surface area contributed by atoms with E-state index in [2.05, 4.69) is 12.2 Å². The van der Waals surface area contributed by atoms with Crippen LogP contribution >= 0.6 is 0 Å². The van der Waals surface area contributed by atoms with Crippen molar-refractivity contribution < 1.29 is 43.9 Å². The lowest BCUT2D eigenvalue weighted by molar-refractivity contribution is -0.161. The molecule has 1 fully saturated rings. The van der Waals surface area contributed by atoms with E-state index in [4.69, 9.17) is 18.9 Å². The van der Waals surface area contributed by atoms with Crippen LogP contribution in [0, 0.1) is 11.3 Å². The van der Waals surface area contributed by atoms with Crippen molar-refractivity contribution in [2.75, 3.05) is 14.2 Å². The van der Waals surface area contributed by atoms with Gasteiger partial charge in [0.05, 0.1) is 20.6 Å². The maximum atomic E-state index is 14.1. The third-order valence-corrected chi connectivity index (χ3v) is 12.5. The number of benzene rings is 6. The number of allylic oxidation sites excluding steroid dienone is 1. The number of hydrogen-bond acceptors (Lipinski definition) is 9. The molecule has 9 nitrogen and oxygen atoms in total. The highest BCUT2D eigenvalue weighted by Gasteiger charge is 2.50. The zero-order valence-electron chi connectivity index (χ0n) is 34.5. The summed E-state index contributed by atoms with van der Waals surface area (Å²) in [6, 6.07) is 38.1. The van der Waals surface area contributed by atoms with Gasteiger partial charge >= 0.3 is 11.9 Å². The van der Waals surface area contributed by atoms with E-state index < -0.39 is 29.6 Å². The van der Waals surface area contributed by atoms with Crippen LogP contribution in [-0.4, -0.2) is 53.7 Å². The molecule has 6 aromatic carbocycles. The number of hydrogen-bond donors (Lipinski definition) is 3. The minimum Gasteiger partial charge on any atom is -0.508 e. The maximum absolute atomic E-state index is 14.1. The molecule has 0 heterocycles. The number of phenols is 3. The van der Waals surface area contributed by atoms with Crippen LogP contribution in [0.1, 0.15) is 59.9 Å². The molecule has 8 rings (SSSR count). The van der Waals surface area contributed by atoms with Gasteiger partial charge in [-0.2, -0.15) is 0 Å². The van der Waals surface area contributed by atoms with Crippen LogP contribution in [0.3, 0.4) is 0 Å². The maximum Gasteiger partial charge on any atom is 0.310 e. The molecule has 5 atom stereocenters. The van der Waals surface area contributed by atoms with Crippen LogP contribution in [0.4, 0.5) is 0 Å². The van der Waals surface area contributed by atoms with Gasteiger partial charge in [-0.15, -0.1) is 0 Å². The van der Waals surface area contributed by atoms with Crippen molar-refractivity contribution in [2.45, 2.75) is 63.6 Å². The highest BCUT2D eigenvalue weighted by molar-refractivity contribution is 5.98. The molecule has 9 heteroatoms. The van der Waals surface area contributed by atoms with Crippen LogP contribution in [0.15, 0.2) is 127 Å². The lowest BCUT2D eigenvalue weighted by Gasteiger charge is -2.50. The molecular weight excluding hydrogens is 769 g/mol. The van der Waals surface area contributed by atoms with E-state index in [1.54, 1.807) is 24.3 Å². The lowest BCUT2D eigenvalue weighted by Crippen LogP contribution is -2.49. The summed E-state index contributed by atoms with van der Waals surface area (Å²) in [4.78, 5) is 27.2. The normalized spacial score (nSPS) is 21.1. The number of carbonyl (C=O) groups excluding carboxylic acids is 2. The Morgan fingerprint density at radius 1 is 0.754 bits per heavy atom. The van der Waals surface area contributed by atoms with Gasteiger partial charge in [-0.05, 0) is 129 Å². The Morgan fingerprint density at radius 3 is 2.23 bits per heavy atom. The zero-order chi connectivity index (χ0) is 42.7. The first-order valence-electron chi connectivity index (χ1n) is 20.7. The first kappa shape index (κ1) is 41.0. The van der Waals surface area contributed by atoms with Gasteiger partial charge in [0.2, 0.25) is 0 Å². The second-order valence-electron chi connectivity index (χ2n) is 16.4. The Hall–Kier alpha value is -6.74. The molecule has 2 aliphatic rings. The second kappa shape index (κ2) is 17.5. The van der Waals surface area contributed by atoms with E-state index >= 15 is 0 Å². The van der Waals surface area contributed by atoms with E-state index in [0.29, 0.717) is 37.2 Å².